The molecule has 0 fully saturated rings. The van der Waals surface area contributed by atoms with Crippen LogP contribution in [0.3, 0.4) is 0 Å². The van der Waals surface area contributed by atoms with Gasteiger partial charge in [0.1, 0.15) is 15.7 Å². The summed E-state index contributed by atoms with van der Waals surface area (Å²) in [7, 11) is 0.650. The van der Waals surface area contributed by atoms with E-state index in [1.165, 1.54) is 18.4 Å². The normalized spacial score (nSPS) is 12.9. The van der Waals surface area contributed by atoms with E-state index in [0.717, 1.165) is 18.7 Å². The van der Waals surface area contributed by atoms with Gasteiger partial charge >= 0.3 is 0 Å². The summed E-state index contributed by atoms with van der Waals surface area (Å²) < 4.78 is 35.6. The maximum Gasteiger partial charge on any atom is 0.191 e. The Balaban J connectivity index is 0.00000625. The quantitative estimate of drug-likeness (QED) is 0.236. The number of guanidine groups is 1. The molecule has 1 aromatic carbocycles. The lowest BCUT2D eigenvalue weighted by Gasteiger charge is -2.21. The number of halogens is 2. The van der Waals surface area contributed by atoms with Gasteiger partial charge in [-0.05, 0) is 38.0 Å². The predicted octanol–water partition coefficient (Wildman–Crippen LogP) is 2.26. The van der Waals surface area contributed by atoms with Gasteiger partial charge in [-0.3, -0.25) is 4.99 Å². The SMILES string of the molecule is CN=C(NCCCN(C)c1cccc(F)c1)NC(C)CCS(C)(=O)=O.I. The summed E-state index contributed by atoms with van der Waals surface area (Å²) in [6, 6.07) is 6.52. The van der Waals surface area contributed by atoms with Crippen LogP contribution in [-0.4, -0.2) is 59.6 Å². The Hall–Kier alpha value is -1.10. The number of sulfone groups is 1. The van der Waals surface area contributed by atoms with Gasteiger partial charge < -0.3 is 15.5 Å². The second-order valence-electron chi connectivity index (χ2n) is 6.22. The predicted molar refractivity (Wildman–Crippen MR) is 118 cm³/mol. The molecule has 9 heteroatoms. The summed E-state index contributed by atoms with van der Waals surface area (Å²) in [5, 5.41) is 6.38. The average Bonchev–Trinajstić information content (AvgIpc) is 2.54. The van der Waals surface area contributed by atoms with Gasteiger partial charge in [0.15, 0.2) is 5.96 Å². The van der Waals surface area contributed by atoms with Crippen LogP contribution in [0.5, 0.6) is 0 Å². The van der Waals surface area contributed by atoms with E-state index in [1.54, 1.807) is 13.1 Å². The van der Waals surface area contributed by atoms with Crippen LogP contribution in [0.25, 0.3) is 0 Å². The first-order valence-corrected chi connectivity index (χ1v) is 10.4. The zero-order valence-corrected chi connectivity index (χ0v) is 19.0. The van der Waals surface area contributed by atoms with Crippen LogP contribution in [0.4, 0.5) is 10.1 Å². The highest BCUT2D eigenvalue weighted by Gasteiger charge is 2.09. The Labute approximate surface area is 173 Å². The van der Waals surface area contributed by atoms with Gasteiger partial charge in [0.2, 0.25) is 0 Å². The average molecular weight is 500 g/mol. The van der Waals surface area contributed by atoms with Gasteiger partial charge in [0, 0.05) is 45.2 Å². The molecule has 0 bridgehead atoms. The Morgan fingerprint density at radius 2 is 2.08 bits per heavy atom. The summed E-state index contributed by atoms with van der Waals surface area (Å²) in [6.07, 6.45) is 2.62. The Morgan fingerprint density at radius 3 is 2.65 bits per heavy atom. The zero-order chi connectivity index (χ0) is 18.9. The number of nitrogens with zero attached hydrogens (tertiary/aromatic N) is 2. The lowest BCUT2D eigenvalue weighted by molar-refractivity contribution is 0.580. The lowest BCUT2D eigenvalue weighted by atomic mass is 10.2. The van der Waals surface area contributed by atoms with E-state index in [2.05, 4.69) is 15.6 Å². The molecule has 26 heavy (non-hydrogen) atoms. The van der Waals surface area contributed by atoms with Gasteiger partial charge in [-0.15, -0.1) is 24.0 Å². The first-order valence-electron chi connectivity index (χ1n) is 8.33. The highest BCUT2D eigenvalue weighted by molar-refractivity contribution is 14.0. The highest BCUT2D eigenvalue weighted by Crippen LogP contribution is 2.13. The molecule has 6 nitrogen and oxygen atoms in total. The minimum absolute atomic E-state index is 0. The molecular weight excluding hydrogens is 470 g/mol. The number of hydrogen-bond donors (Lipinski definition) is 2. The maximum absolute atomic E-state index is 13.2. The van der Waals surface area contributed by atoms with Gasteiger partial charge in [-0.1, -0.05) is 6.07 Å². The van der Waals surface area contributed by atoms with E-state index in [1.807, 2.05) is 24.9 Å². The summed E-state index contributed by atoms with van der Waals surface area (Å²) in [5.74, 6) is 0.556. The van der Waals surface area contributed by atoms with Crippen molar-refractivity contribution >= 4 is 45.5 Å². The Morgan fingerprint density at radius 1 is 1.38 bits per heavy atom. The number of nitrogens with one attached hydrogen (secondary N) is 2. The molecule has 0 radical (unpaired) electrons. The van der Waals surface area contributed by atoms with Crippen LogP contribution in [0.2, 0.25) is 0 Å². The van der Waals surface area contributed by atoms with Crippen LogP contribution in [0, 0.1) is 5.82 Å². The molecular formula is C17H30FIN4O2S. The first kappa shape index (κ1) is 24.9. The maximum atomic E-state index is 13.2. The van der Waals surface area contributed by atoms with Crippen LogP contribution in [0.15, 0.2) is 29.3 Å². The number of rotatable bonds is 9. The number of aliphatic imine (C=N–C) groups is 1. The third-order valence-electron chi connectivity index (χ3n) is 3.74. The molecule has 0 aromatic heterocycles. The van der Waals surface area contributed by atoms with Crippen molar-refractivity contribution in [3.63, 3.8) is 0 Å². The molecule has 0 saturated carbocycles. The fourth-order valence-corrected chi connectivity index (χ4v) is 3.04. The zero-order valence-electron chi connectivity index (χ0n) is 15.8. The van der Waals surface area contributed by atoms with E-state index in [9.17, 15) is 12.8 Å². The van der Waals surface area contributed by atoms with E-state index >= 15 is 0 Å². The second kappa shape index (κ2) is 12.3. The third kappa shape index (κ3) is 10.8. The molecule has 1 unspecified atom stereocenters. The number of anilines is 1. The summed E-state index contributed by atoms with van der Waals surface area (Å²) in [6.45, 7) is 3.41. The van der Waals surface area contributed by atoms with Crippen LogP contribution >= 0.6 is 24.0 Å². The fraction of sp³-hybridized carbons (Fsp3) is 0.588. The summed E-state index contributed by atoms with van der Waals surface area (Å²) >= 11 is 0. The Bertz CT molecular complexity index is 670. The van der Waals surface area contributed by atoms with Crippen molar-refractivity contribution in [2.45, 2.75) is 25.8 Å². The van der Waals surface area contributed by atoms with Crippen LogP contribution in [-0.2, 0) is 9.84 Å². The molecule has 1 atom stereocenters. The summed E-state index contributed by atoms with van der Waals surface area (Å²) in [5.41, 5.74) is 0.844. The van der Waals surface area contributed by atoms with Crippen molar-refractivity contribution in [1.82, 2.24) is 10.6 Å². The van der Waals surface area contributed by atoms with Crippen molar-refractivity contribution in [1.29, 1.82) is 0 Å². The third-order valence-corrected chi connectivity index (χ3v) is 4.72. The standard InChI is InChI=1S/C17H29FN4O2S.HI/c1-14(9-12-25(4,23)24)21-17(19-2)20-10-6-11-22(3)16-8-5-7-15(18)13-16;/h5,7-8,13-14H,6,9-12H2,1-4H3,(H2,19,20,21);1H. The van der Waals surface area contributed by atoms with Gasteiger partial charge in [0.25, 0.3) is 0 Å². The molecule has 0 spiro atoms. The van der Waals surface area contributed by atoms with E-state index in [4.69, 9.17) is 0 Å². The van der Waals surface area contributed by atoms with Crippen molar-refractivity contribution in [3.8, 4) is 0 Å². The minimum Gasteiger partial charge on any atom is -0.374 e. The van der Waals surface area contributed by atoms with Crippen molar-refractivity contribution < 1.29 is 12.8 Å². The molecule has 0 aliphatic carbocycles. The van der Waals surface area contributed by atoms with Crippen LogP contribution in [0.1, 0.15) is 19.8 Å². The molecule has 0 aliphatic rings. The topological polar surface area (TPSA) is 73.8 Å². The largest absolute Gasteiger partial charge is 0.374 e. The van der Waals surface area contributed by atoms with Crippen molar-refractivity contribution in [3.05, 3.63) is 30.1 Å². The smallest absolute Gasteiger partial charge is 0.191 e. The summed E-state index contributed by atoms with van der Waals surface area (Å²) in [4.78, 5) is 6.14. The van der Waals surface area contributed by atoms with Gasteiger partial charge in [-0.25, -0.2) is 12.8 Å². The molecule has 1 rings (SSSR count). The molecule has 0 amide bonds. The van der Waals surface area contributed by atoms with Gasteiger partial charge in [-0.2, -0.15) is 0 Å². The van der Waals surface area contributed by atoms with E-state index < -0.39 is 9.84 Å². The van der Waals surface area contributed by atoms with E-state index in [-0.39, 0.29) is 41.6 Å². The minimum atomic E-state index is -2.95. The molecule has 0 saturated heterocycles. The van der Waals surface area contributed by atoms with Gasteiger partial charge in [0.05, 0.1) is 5.75 Å². The highest BCUT2D eigenvalue weighted by atomic mass is 127. The van der Waals surface area contributed by atoms with Crippen molar-refractivity contribution in [2.24, 2.45) is 4.99 Å². The molecule has 0 aliphatic heterocycles. The monoisotopic (exact) mass is 500 g/mol. The van der Waals surface area contributed by atoms with Crippen molar-refractivity contribution in [2.75, 3.05) is 44.1 Å². The molecule has 1 aromatic rings. The number of hydrogen-bond acceptors (Lipinski definition) is 4. The lowest BCUT2D eigenvalue weighted by Crippen LogP contribution is -2.43. The molecule has 150 valence electrons. The second-order valence-corrected chi connectivity index (χ2v) is 8.48. The Kier molecular flexibility index (Phi) is 11.8. The number of benzene rings is 1. The first-order chi connectivity index (χ1) is 11.7. The van der Waals surface area contributed by atoms with Crippen LogP contribution < -0.4 is 15.5 Å². The molecule has 2 N–H and O–H groups in total. The fourth-order valence-electron chi connectivity index (χ4n) is 2.26. The van der Waals surface area contributed by atoms with E-state index in [0.29, 0.717) is 18.9 Å². The molecule has 0 heterocycles.